The average molecular weight is 432 g/mol. The number of halogens is 3. The lowest BCUT2D eigenvalue weighted by Crippen LogP contribution is -2.37. The maximum atomic E-state index is 13.7. The first-order valence-electron chi connectivity index (χ1n) is 9.79. The molecule has 1 fully saturated rings. The van der Waals surface area contributed by atoms with Gasteiger partial charge in [-0.25, -0.2) is 9.50 Å². The van der Waals surface area contributed by atoms with Crippen LogP contribution in [0.15, 0.2) is 42.5 Å². The van der Waals surface area contributed by atoms with Gasteiger partial charge in [0.2, 0.25) is 0 Å². The molecule has 1 aliphatic heterocycles. The maximum absolute atomic E-state index is 13.7. The van der Waals surface area contributed by atoms with Crippen molar-refractivity contribution in [2.75, 3.05) is 13.1 Å². The fourth-order valence-corrected chi connectivity index (χ4v) is 3.73. The molecule has 1 amide bonds. The first-order chi connectivity index (χ1) is 14.7. The van der Waals surface area contributed by atoms with E-state index in [0.29, 0.717) is 35.9 Å². The molecule has 0 radical (unpaired) electrons. The second kappa shape index (κ2) is 8.01. The summed E-state index contributed by atoms with van der Waals surface area (Å²) in [5.41, 5.74) is -0.744. The highest BCUT2D eigenvalue weighted by atomic mass is 19.4. The van der Waals surface area contributed by atoms with Gasteiger partial charge in [-0.3, -0.25) is 9.59 Å². The molecule has 0 saturated carbocycles. The van der Waals surface area contributed by atoms with E-state index in [1.54, 1.807) is 30.3 Å². The third-order valence-corrected chi connectivity index (χ3v) is 5.31. The summed E-state index contributed by atoms with van der Waals surface area (Å²) in [6, 6.07) is 10.5. The Morgan fingerprint density at radius 1 is 1.10 bits per heavy atom. The van der Waals surface area contributed by atoms with E-state index in [1.807, 2.05) is 0 Å². The lowest BCUT2D eigenvalue weighted by molar-refractivity contribution is -0.143. The van der Waals surface area contributed by atoms with E-state index in [0.717, 1.165) is 6.07 Å². The van der Waals surface area contributed by atoms with E-state index in [4.69, 9.17) is 0 Å². The summed E-state index contributed by atoms with van der Waals surface area (Å²) >= 11 is 0. The number of carboxylic acids is 1. The molecule has 0 bridgehead atoms. The van der Waals surface area contributed by atoms with Crippen molar-refractivity contribution in [1.29, 1.82) is 0 Å². The van der Waals surface area contributed by atoms with E-state index in [-0.39, 0.29) is 23.6 Å². The maximum Gasteiger partial charge on any atom is 0.433 e. The number of hydrogen-bond acceptors (Lipinski definition) is 4. The van der Waals surface area contributed by atoms with Crippen LogP contribution in [0.4, 0.5) is 13.2 Å². The van der Waals surface area contributed by atoms with Gasteiger partial charge in [0, 0.05) is 24.7 Å². The molecule has 2 aromatic heterocycles. The fraction of sp³-hybridized carbons (Fsp3) is 0.333. The van der Waals surface area contributed by atoms with Crippen LogP contribution in [0.25, 0.3) is 16.9 Å². The lowest BCUT2D eigenvalue weighted by Gasteiger charge is -2.21. The van der Waals surface area contributed by atoms with Crippen LogP contribution in [0.5, 0.6) is 0 Å². The molecule has 3 aromatic rings. The summed E-state index contributed by atoms with van der Waals surface area (Å²) < 4.78 is 41.8. The number of likely N-dealkylation sites (tertiary alicyclic amines) is 1. The monoisotopic (exact) mass is 432 g/mol. The number of carboxylic acid groups (broad SMARTS) is 1. The molecule has 7 nitrogen and oxygen atoms in total. The molecule has 10 heteroatoms. The smallest absolute Gasteiger partial charge is 0.433 e. The van der Waals surface area contributed by atoms with E-state index in [1.165, 1.54) is 11.0 Å². The van der Waals surface area contributed by atoms with Gasteiger partial charge >= 0.3 is 12.1 Å². The largest absolute Gasteiger partial charge is 0.481 e. The molecule has 1 N–H and O–H groups in total. The van der Waals surface area contributed by atoms with Crippen molar-refractivity contribution < 1.29 is 27.9 Å². The molecule has 162 valence electrons. The SMILES string of the molecule is O=C(O)C1CCCCN(C(=O)c2cc3nc(-c4ccccc4)cc(C(F)(F)F)n3n2)C1. The van der Waals surface area contributed by atoms with Crippen molar-refractivity contribution in [2.45, 2.75) is 25.4 Å². The summed E-state index contributed by atoms with van der Waals surface area (Å²) in [5.74, 6) is -2.31. The summed E-state index contributed by atoms with van der Waals surface area (Å²) in [7, 11) is 0. The molecule has 3 heterocycles. The van der Waals surface area contributed by atoms with Gasteiger partial charge in [0.05, 0.1) is 11.6 Å². The summed E-state index contributed by atoms with van der Waals surface area (Å²) in [5, 5.41) is 13.2. The van der Waals surface area contributed by atoms with Crippen molar-refractivity contribution >= 4 is 17.5 Å². The minimum Gasteiger partial charge on any atom is -0.481 e. The van der Waals surface area contributed by atoms with Crippen molar-refractivity contribution in [3.8, 4) is 11.3 Å². The number of alkyl halides is 3. The van der Waals surface area contributed by atoms with Crippen LogP contribution in [0.1, 0.15) is 35.4 Å². The van der Waals surface area contributed by atoms with E-state index < -0.39 is 29.7 Å². The van der Waals surface area contributed by atoms with Crippen molar-refractivity contribution in [3.63, 3.8) is 0 Å². The van der Waals surface area contributed by atoms with Gasteiger partial charge in [-0.1, -0.05) is 36.8 Å². The number of carbonyl (C=O) groups is 2. The predicted molar refractivity (Wildman–Crippen MR) is 104 cm³/mol. The normalized spacial score (nSPS) is 17.5. The number of rotatable bonds is 3. The van der Waals surface area contributed by atoms with Crippen LogP contribution < -0.4 is 0 Å². The second-order valence-electron chi connectivity index (χ2n) is 7.47. The number of fused-ring (bicyclic) bond motifs is 1. The Bertz CT molecular complexity index is 1130. The van der Waals surface area contributed by atoms with E-state index in [2.05, 4.69) is 10.1 Å². The van der Waals surface area contributed by atoms with Crippen molar-refractivity contribution in [2.24, 2.45) is 5.92 Å². The quantitative estimate of drug-likeness (QED) is 0.681. The van der Waals surface area contributed by atoms with Gasteiger partial charge in [0.1, 0.15) is 0 Å². The van der Waals surface area contributed by atoms with Crippen LogP contribution in [0.3, 0.4) is 0 Å². The third-order valence-electron chi connectivity index (χ3n) is 5.31. The molecule has 31 heavy (non-hydrogen) atoms. The Labute approximate surface area is 175 Å². The number of nitrogens with zero attached hydrogens (tertiary/aromatic N) is 4. The van der Waals surface area contributed by atoms with Crippen LogP contribution in [0, 0.1) is 5.92 Å². The lowest BCUT2D eigenvalue weighted by atomic mass is 10.0. The number of aromatic nitrogens is 3. The molecule has 1 aliphatic rings. The Morgan fingerprint density at radius 3 is 2.52 bits per heavy atom. The first kappa shape index (κ1) is 20.8. The zero-order valence-electron chi connectivity index (χ0n) is 16.3. The number of carbonyl (C=O) groups excluding carboxylic acids is 1. The first-order valence-corrected chi connectivity index (χ1v) is 9.79. The number of hydrogen-bond donors (Lipinski definition) is 1. The number of amides is 1. The van der Waals surface area contributed by atoms with Crippen LogP contribution >= 0.6 is 0 Å². The summed E-state index contributed by atoms with van der Waals surface area (Å²) in [6.07, 6.45) is -2.99. The fourth-order valence-electron chi connectivity index (χ4n) is 3.73. The highest BCUT2D eigenvalue weighted by Gasteiger charge is 2.36. The Kier molecular flexibility index (Phi) is 5.38. The molecule has 1 aromatic carbocycles. The van der Waals surface area contributed by atoms with Crippen molar-refractivity contribution in [3.05, 3.63) is 53.9 Å². The molecule has 4 rings (SSSR count). The predicted octanol–water partition coefficient (Wildman–Crippen LogP) is 3.74. The molecule has 1 saturated heterocycles. The molecular formula is C21H19F3N4O3. The zero-order chi connectivity index (χ0) is 22.2. The second-order valence-corrected chi connectivity index (χ2v) is 7.47. The van der Waals surface area contributed by atoms with Gasteiger partial charge < -0.3 is 10.0 Å². The summed E-state index contributed by atoms with van der Waals surface area (Å²) in [4.78, 5) is 30.0. The van der Waals surface area contributed by atoms with Crippen LogP contribution in [-0.4, -0.2) is 49.6 Å². The van der Waals surface area contributed by atoms with Gasteiger partial charge in [-0.05, 0) is 18.9 Å². The van der Waals surface area contributed by atoms with Gasteiger partial charge in [0.15, 0.2) is 17.0 Å². The number of benzene rings is 1. The van der Waals surface area contributed by atoms with Crippen molar-refractivity contribution in [1.82, 2.24) is 19.5 Å². The summed E-state index contributed by atoms with van der Waals surface area (Å²) in [6.45, 7) is 0.322. The number of aliphatic carboxylic acids is 1. The van der Waals surface area contributed by atoms with Gasteiger partial charge in [0.25, 0.3) is 5.91 Å². The molecule has 1 unspecified atom stereocenters. The van der Waals surface area contributed by atoms with E-state index >= 15 is 0 Å². The molecule has 0 aliphatic carbocycles. The van der Waals surface area contributed by atoms with Crippen LogP contribution in [-0.2, 0) is 11.0 Å². The topological polar surface area (TPSA) is 87.8 Å². The molecular weight excluding hydrogens is 413 g/mol. The minimum absolute atomic E-state index is 0.00311. The average Bonchev–Trinajstić information content (AvgIpc) is 3.00. The highest BCUT2D eigenvalue weighted by molar-refractivity contribution is 5.93. The molecule has 0 spiro atoms. The zero-order valence-corrected chi connectivity index (χ0v) is 16.3. The third kappa shape index (κ3) is 4.23. The van der Waals surface area contributed by atoms with Gasteiger partial charge in [-0.2, -0.15) is 18.3 Å². The minimum atomic E-state index is -4.71. The van der Waals surface area contributed by atoms with Gasteiger partial charge in [-0.15, -0.1) is 0 Å². The molecule has 1 atom stereocenters. The highest BCUT2D eigenvalue weighted by Crippen LogP contribution is 2.32. The van der Waals surface area contributed by atoms with E-state index in [9.17, 15) is 27.9 Å². The Morgan fingerprint density at radius 2 is 1.84 bits per heavy atom. The Hall–Kier alpha value is -3.43. The standard InChI is InChI=1S/C21H19F3N4O3/c22-21(23,24)17-10-15(13-6-2-1-3-7-13)25-18-11-16(26-28(17)18)19(29)27-9-5-4-8-14(12-27)20(30)31/h1-3,6-7,10-11,14H,4-5,8-9,12H2,(H,30,31). The van der Waals surface area contributed by atoms with Crippen LogP contribution in [0.2, 0.25) is 0 Å². The Balaban J connectivity index is 1.76.